The molecular weight excluding hydrogens is 807 g/mol. The topological polar surface area (TPSA) is 129 Å². The van der Waals surface area contributed by atoms with E-state index in [0.717, 1.165) is 6.29 Å². The van der Waals surface area contributed by atoms with E-state index >= 15 is 0 Å². The minimum Gasteiger partial charge on any atom is -0.415 e. The molecule has 1 aliphatic rings. The summed E-state index contributed by atoms with van der Waals surface area (Å²) in [4.78, 5) is 25.1. The molecule has 1 fully saturated rings. The summed E-state index contributed by atoms with van der Waals surface area (Å²) in [6.07, 6.45) is -4.37. The lowest BCUT2D eigenvalue weighted by molar-refractivity contribution is -0.295. The molecule has 1 rings (SSSR count). The molecule has 54 heavy (non-hydrogen) atoms. The SMILES string of the molecule is CC(=O)NC(C=O)C(O[Si](C)(C)C)C(O[Si](C)(C)C)C(COC1O[C@H](CO[Si](C)(C)C)[C@@H](O[Si](C)(C)C)[C@H](O[Si](C)(C)C)[C@H]1O[Si](C)(C)C)O[Si](C)(C)C. The molecule has 9 atom stereocenters. The molecule has 1 aliphatic heterocycles. The lowest BCUT2D eigenvalue weighted by Gasteiger charge is -2.51. The Hall–Kier alpha value is 0.298. The number of rotatable bonds is 23. The summed E-state index contributed by atoms with van der Waals surface area (Å²) in [6.45, 7) is 46.6. The third-order valence-electron chi connectivity index (χ3n) is 7.21. The Kier molecular flexibility index (Phi) is 19.4. The maximum absolute atomic E-state index is 12.7. The van der Waals surface area contributed by atoms with Gasteiger partial charge < -0.3 is 50.6 Å². The van der Waals surface area contributed by atoms with Gasteiger partial charge in [0.2, 0.25) is 5.91 Å². The molecule has 0 radical (unpaired) electrons. The van der Waals surface area contributed by atoms with Gasteiger partial charge in [0.15, 0.2) is 64.5 Å². The summed E-state index contributed by atoms with van der Waals surface area (Å²) in [6, 6.07) is -0.964. The number of carbonyl (C=O) groups excluding carboxylic acids is 2. The van der Waals surface area contributed by atoms with E-state index in [1.807, 2.05) is 0 Å². The van der Waals surface area contributed by atoms with Crippen molar-refractivity contribution in [2.75, 3.05) is 13.2 Å². The second-order valence-corrected chi connectivity index (χ2v) is 52.7. The molecule has 1 amide bonds. The fraction of sp³-hybridized carbons (Fsp3) is 0.943. The Morgan fingerprint density at radius 3 is 1.41 bits per heavy atom. The van der Waals surface area contributed by atoms with Gasteiger partial charge in [0, 0.05) is 6.92 Å². The monoisotopic (exact) mass is 887 g/mol. The van der Waals surface area contributed by atoms with Crippen molar-refractivity contribution in [3.8, 4) is 0 Å². The summed E-state index contributed by atoms with van der Waals surface area (Å²) in [7, 11) is -15.4. The molecule has 19 heteroatoms. The van der Waals surface area contributed by atoms with Crippen LogP contribution < -0.4 is 5.32 Å². The van der Waals surface area contributed by atoms with Gasteiger partial charge in [0.1, 0.15) is 36.7 Å². The van der Waals surface area contributed by atoms with E-state index in [9.17, 15) is 9.59 Å². The molecule has 12 nitrogen and oxygen atoms in total. The van der Waals surface area contributed by atoms with Gasteiger partial charge in [-0.3, -0.25) is 4.79 Å². The molecule has 0 bridgehead atoms. The first kappa shape index (κ1) is 52.3. The summed E-state index contributed by atoms with van der Waals surface area (Å²) >= 11 is 0. The highest BCUT2D eigenvalue weighted by Gasteiger charge is 2.53. The number of ether oxygens (including phenoxy) is 2. The van der Waals surface area contributed by atoms with E-state index in [0.29, 0.717) is 6.61 Å². The smallest absolute Gasteiger partial charge is 0.217 e. The van der Waals surface area contributed by atoms with Gasteiger partial charge in [-0.15, -0.1) is 0 Å². The summed E-state index contributed by atoms with van der Waals surface area (Å²) in [5, 5.41) is 2.82. The molecular formula is C35H81NO11Si7. The van der Waals surface area contributed by atoms with Crippen molar-refractivity contribution < 1.29 is 50.0 Å². The zero-order chi connectivity index (χ0) is 42.5. The molecule has 320 valence electrons. The average molecular weight is 889 g/mol. The third kappa shape index (κ3) is 21.9. The van der Waals surface area contributed by atoms with E-state index < -0.39 is 113 Å². The predicted molar refractivity (Wildman–Crippen MR) is 237 cm³/mol. The standard InChI is InChI=1S/C35H81NO11Si7/c1-26(38)36-27(23-37)30(43-50(8,9)10)32(45-52(14,15)16)29(42-49(5,6)7)24-39-35-34(47-54(20,21)22)33(46-53(17,18)19)31(44-51(11,12)13)28(41-35)25-40-48(2,3)4/h23,27-35H,24-25H2,1-22H3,(H,36,38)/t27?,28-,29?,30?,31-,32?,33+,34-,35?/m1/s1. The second-order valence-electron chi connectivity index (χ2n) is 21.4. The third-order valence-corrected chi connectivity index (χ3v) is 14.1. The van der Waals surface area contributed by atoms with Crippen molar-refractivity contribution in [1.82, 2.24) is 5.32 Å². The first-order chi connectivity index (χ1) is 23.9. The summed E-state index contributed by atoms with van der Waals surface area (Å²) in [5.41, 5.74) is 0. The van der Waals surface area contributed by atoms with Gasteiger partial charge in [0.25, 0.3) is 0 Å². The van der Waals surface area contributed by atoms with E-state index in [2.05, 4.69) is 143 Å². The number of hydrogen-bond donors (Lipinski definition) is 1. The van der Waals surface area contributed by atoms with Gasteiger partial charge in [-0.25, -0.2) is 0 Å². The first-order valence-corrected chi connectivity index (χ1v) is 43.4. The molecule has 1 N–H and O–H groups in total. The number of nitrogens with one attached hydrogen (secondary N) is 1. The lowest BCUT2D eigenvalue weighted by Crippen LogP contribution is -2.67. The van der Waals surface area contributed by atoms with Gasteiger partial charge in [-0.2, -0.15) is 0 Å². The average Bonchev–Trinajstić information content (AvgIpc) is 2.89. The van der Waals surface area contributed by atoms with Crippen LogP contribution in [0.2, 0.25) is 137 Å². The number of carbonyl (C=O) groups is 2. The predicted octanol–water partition coefficient (Wildman–Crippen LogP) is 7.60. The fourth-order valence-corrected chi connectivity index (χ4v) is 13.1. The zero-order valence-corrected chi connectivity index (χ0v) is 45.2. The van der Waals surface area contributed by atoms with Crippen molar-refractivity contribution in [3.05, 3.63) is 0 Å². The van der Waals surface area contributed by atoms with Crippen LogP contribution in [-0.2, 0) is 50.0 Å². The maximum Gasteiger partial charge on any atom is 0.217 e. The Balaban J connectivity index is 4.00. The van der Waals surface area contributed by atoms with Crippen molar-refractivity contribution in [3.63, 3.8) is 0 Å². The normalized spacial score (nSPS) is 24.8. The molecule has 0 aromatic carbocycles. The summed E-state index contributed by atoms with van der Waals surface area (Å²) < 4.78 is 62.1. The van der Waals surface area contributed by atoms with Gasteiger partial charge in [0.05, 0.1) is 31.5 Å². The highest BCUT2D eigenvalue weighted by Crippen LogP contribution is 2.35. The highest BCUT2D eigenvalue weighted by molar-refractivity contribution is 6.72. The van der Waals surface area contributed by atoms with Crippen LogP contribution in [0.25, 0.3) is 0 Å². The van der Waals surface area contributed by atoms with Gasteiger partial charge in [-0.1, -0.05) is 0 Å². The van der Waals surface area contributed by atoms with Crippen LogP contribution in [0.5, 0.6) is 0 Å². The summed E-state index contributed by atoms with van der Waals surface area (Å²) in [5.74, 6) is -0.334. The van der Waals surface area contributed by atoms with Gasteiger partial charge >= 0.3 is 0 Å². The Bertz CT molecular complexity index is 1170. The fourth-order valence-electron chi connectivity index (χ4n) is 5.89. The van der Waals surface area contributed by atoms with Crippen LogP contribution in [0, 0.1) is 0 Å². The Labute approximate surface area is 337 Å². The molecule has 1 heterocycles. The quantitative estimate of drug-likeness (QED) is 0.0805. The van der Waals surface area contributed by atoms with Gasteiger partial charge in [-0.05, 0) is 137 Å². The molecule has 5 unspecified atom stereocenters. The highest BCUT2D eigenvalue weighted by atomic mass is 28.4. The van der Waals surface area contributed by atoms with Crippen LogP contribution in [0.4, 0.5) is 0 Å². The molecule has 0 aromatic heterocycles. The van der Waals surface area contributed by atoms with E-state index in [1.165, 1.54) is 6.92 Å². The van der Waals surface area contributed by atoms with Crippen LogP contribution in [0.15, 0.2) is 0 Å². The van der Waals surface area contributed by atoms with Crippen LogP contribution >= 0.6 is 0 Å². The van der Waals surface area contributed by atoms with Crippen molar-refractivity contribution in [2.45, 2.75) is 199 Å². The van der Waals surface area contributed by atoms with Crippen LogP contribution in [0.1, 0.15) is 6.92 Å². The molecule has 0 saturated carbocycles. The van der Waals surface area contributed by atoms with Crippen molar-refractivity contribution in [1.29, 1.82) is 0 Å². The van der Waals surface area contributed by atoms with E-state index in [-0.39, 0.29) is 12.5 Å². The van der Waals surface area contributed by atoms with Crippen molar-refractivity contribution in [2.24, 2.45) is 0 Å². The first-order valence-electron chi connectivity index (χ1n) is 19.6. The molecule has 0 aromatic rings. The lowest BCUT2D eigenvalue weighted by atomic mass is 9.99. The molecule has 0 spiro atoms. The van der Waals surface area contributed by atoms with E-state index in [4.69, 9.17) is 40.5 Å². The number of aldehydes is 1. The van der Waals surface area contributed by atoms with Crippen LogP contribution in [0.3, 0.4) is 0 Å². The molecule has 1 saturated heterocycles. The van der Waals surface area contributed by atoms with E-state index in [1.54, 1.807) is 0 Å². The van der Waals surface area contributed by atoms with Crippen LogP contribution in [-0.4, -0.2) is 139 Å². The molecule has 0 aliphatic carbocycles. The minimum absolute atomic E-state index is 0.0493. The minimum atomic E-state index is -2.32. The number of hydrogen-bond acceptors (Lipinski definition) is 11. The maximum atomic E-state index is 12.7. The Morgan fingerprint density at radius 2 is 1.02 bits per heavy atom. The zero-order valence-electron chi connectivity index (χ0n) is 38.2. The number of amides is 1. The second kappa shape index (κ2) is 20.0. The Morgan fingerprint density at radius 1 is 0.593 bits per heavy atom. The largest absolute Gasteiger partial charge is 0.415 e. The van der Waals surface area contributed by atoms with Crippen molar-refractivity contribution >= 4 is 70.4 Å².